The summed E-state index contributed by atoms with van der Waals surface area (Å²) in [5.41, 5.74) is 7.43. The van der Waals surface area contributed by atoms with Crippen molar-refractivity contribution >= 4 is 11.6 Å². The second kappa shape index (κ2) is 6.12. The zero-order chi connectivity index (χ0) is 12.0. The van der Waals surface area contributed by atoms with Crippen molar-refractivity contribution < 1.29 is 9.53 Å². The number of hydrogen-bond acceptors (Lipinski definition) is 3. The van der Waals surface area contributed by atoms with Gasteiger partial charge in [-0.15, -0.1) is 0 Å². The molecule has 4 heteroatoms. The second-order valence-electron chi connectivity index (χ2n) is 3.59. The molecule has 16 heavy (non-hydrogen) atoms. The smallest absolute Gasteiger partial charge is 0.248 e. The Morgan fingerprint density at radius 3 is 2.81 bits per heavy atom. The zero-order valence-electron chi connectivity index (χ0n) is 9.77. The van der Waals surface area contributed by atoms with Crippen molar-refractivity contribution in [2.75, 3.05) is 26.0 Å². The maximum absolute atomic E-state index is 11.6. The number of nitrogen functional groups attached to an aromatic ring is 1. The predicted octanol–water partition coefficient (Wildman–Crippen LogP) is 1.26. The van der Waals surface area contributed by atoms with Gasteiger partial charge in [-0.1, -0.05) is 12.1 Å². The van der Waals surface area contributed by atoms with Crippen LogP contribution in [0.1, 0.15) is 12.5 Å². The molecule has 0 aliphatic heterocycles. The van der Waals surface area contributed by atoms with E-state index in [1.807, 2.05) is 31.2 Å². The number of likely N-dealkylation sites (N-methyl/N-ethyl adjacent to an activating group) is 1. The molecule has 0 aliphatic carbocycles. The van der Waals surface area contributed by atoms with Gasteiger partial charge in [0.05, 0.1) is 0 Å². The van der Waals surface area contributed by atoms with Crippen LogP contribution in [0.15, 0.2) is 24.3 Å². The highest BCUT2D eigenvalue weighted by atomic mass is 16.5. The molecule has 4 nitrogen and oxygen atoms in total. The first-order valence-electron chi connectivity index (χ1n) is 5.28. The molecule has 0 saturated carbocycles. The summed E-state index contributed by atoms with van der Waals surface area (Å²) < 4.78 is 4.83. The third kappa shape index (κ3) is 3.55. The summed E-state index contributed by atoms with van der Waals surface area (Å²) in [6.07, 6.45) is 0. The maximum atomic E-state index is 11.6. The van der Waals surface area contributed by atoms with Crippen LogP contribution in [-0.4, -0.2) is 31.1 Å². The summed E-state index contributed by atoms with van der Waals surface area (Å²) in [5, 5.41) is 0. The summed E-state index contributed by atoms with van der Waals surface area (Å²) in [5.74, 6) is -0.00701. The molecule has 0 spiro atoms. The Hall–Kier alpha value is -1.55. The molecule has 1 amide bonds. The Bertz CT molecular complexity index is 353. The van der Waals surface area contributed by atoms with Gasteiger partial charge in [0.15, 0.2) is 0 Å². The van der Waals surface area contributed by atoms with Crippen molar-refractivity contribution in [1.82, 2.24) is 4.90 Å². The van der Waals surface area contributed by atoms with Gasteiger partial charge in [-0.2, -0.15) is 0 Å². The Morgan fingerprint density at radius 2 is 2.25 bits per heavy atom. The van der Waals surface area contributed by atoms with Gasteiger partial charge in [-0.3, -0.25) is 4.79 Å². The van der Waals surface area contributed by atoms with E-state index in [-0.39, 0.29) is 12.5 Å². The number of nitrogens with two attached hydrogens (primary N) is 1. The van der Waals surface area contributed by atoms with Crippen LogP contribution in [0.3, 0.4) is 0 Å². The van der Waals surface area contributed by atoms with E-state index < -0.39 is 0 Å². The third-order valence-electron chi connectivity index (χ3n) is 2.33. The molecular weight excluding hydrogens is 204 g/mol. The SMILES string of the molecule is CCN(Cc1cccc(N)c1)C(=O)COC. The molecule has 0 aromatic heterocycles. The lowest BCUT2D eigenvalue weighted by Crippen LogP contribution is -2.33. The molecule has 0 fully saturated rings. The molecule has 0 aliphatic rings. The van der Waals surface area contributed by atoms with Crippen LogP contribution in [0, 0.1) is 0 Å². The molecule has 0 atom stereocenters. The fourth-order valence-corrected chi connectivity index (χ4v) is 1.50. The molecule has 88 valence electrons. The topological polar surface area (TPSA) is 55.6 Å². The molecule has 2 N–H and O–H groups in total. The van der Waals surface area contributed by atoms with Crippen LogP contribution in [0.4, 0.5) is 5.69 Å². The molecular formula is C12H18N2O2. The van der Waals surface area contributed by atoms with E-state index in [0.29, 0.717) is 18.8 Å². The summed E-state index contributed by atoms with van der Waals surface area (Å²) in [6, 6.07) is 7.55. The van der Waals surface area contributed by atoms with Gasteiger partial charge in [-0.05, 0) is 24.6 Å². The van der Waals surface area contributed by atoms with Gasteiger partial charge in [0.25, 0.3) is 0 Å². The number of anilines is 1. The summed E-state index contributed by atoms with van der Waals surface area (Å²) in [4.78, 5) is 13.4. The minimum atomic E-state index is -0.00701. The number of carbonyl (C=O) groups excluding carboxylic acids is 1. The van der Waals surface area contributed by atoms with Gasteiger partial charge < -0.3 is 15.4 Å². The summed E-state index contributed by atoms with van der Waals surface area (Å²) in [7, 11) is 1.52. The van der Waals surface area contributed by atoms with Crippen molar-refractivity contribution in [1.29, 1.82) is 0 Å². The minimum Gasteiger partial charge on any atom is -0.399 e. The third-order valence-corrected chi connectivity index (χ3v) is 2.33. The number of methoxy groups -OCH3 is 1. The lowest BCUT2D eigenvalue weighted by atomic mass is 10.2. The fraction of sp³-hybridized carbons (Fsp3) is 0.417. The Kier molecular flexibility index (Phi) is 4.79. The van der Waals surface area contributed by atoms with Gasteiger partial charge in [-0.25, -0.2) is 0 Å². The average molecular weight is 222 g/mol. The van der Waals surface area contributed by atoms with Gasteiger partial charge in [0.1, 0.15) is 6.61 Å². The monoisotopic (exact) mass is 222 g/mol. The van der Waals surface area contributed by atoms with Crippen LogP contribution >= 0.6 is 0 Å². The lowest BCUT2D eigenvalue weighted by Gasteiger charge is -2.20. The zero-order valence-corrected chi connectivity index (χ0v) is 9.77. The van der Waals surface area contributed by atoms with E-state index in [4.69, 9.17) is 10.5 Å². The highest BCUT2D eigenvalue weighted by Crippen LogP contribution is 2.09. The van der Waals surface area contributed by atoms with Crippen LogP contribution in [-0.2, 0) is 16.1 Å². The van der Waals surface area contributed by atoms with E-state index in [2.05, 4.69) is 0 Å². The highest BCUT2D eigenvalue weighted by Gasteiger charge is 2.11. The first-order chi connectivity index (χ1) is 7.67. The Labute approximate surface area is 96.0 Å². The Morgan fingerprint density at radius 1 is 1.50 bits per heavy atom. The summed E-state index contributed by atoms with van der Waals surface area (Å²) in [6.45, 7) is 3.30. The van der Waals surface area contributed by atoms with Crippen LogP contribution in [0.2, 0.25) is 0 Å². The van der Waals surface area contributed by atoms with Crippen molar-refractivity contribution in [2.45, 2.75) is 13.5 Å². The largest absolute Gasteiger partial charge is 0.399 e. The lowest BCUT2D eigenvalue weighted by molar-refractivity contribution is -0.135. The van der Waals surface area contributed by atoms with E-state index in [1.165, 1.54) is 7.11 Å². The van der Waals surface area contributed by atoms with E-state index in [0.717, 1.165) is 5.56 Å². The normalized spacial score (nSPS) is 10.1. The number of amides is 1. The van der Waals surface area contributed by atoms with Crippen LogP contribution in [0.5, 0.6) is 0 Å². The quantitative estimate of drug-likeness (QED) is 0.763. The first kappa shape index (κ1) is 12.5. The number of benzene rings is 1. The van der Waals surface area contributed by atoms with Crippen molar-refractivity contribution in [2.24, 2.45) is 0 Å². The predicted molar refractivity (Wildman–Crippen MR) is 63.8 cm³/mol. The van der Waals surface area contributed by atoms with Gasteiger partial charge in [0.2, 0.25) is 5.91 Å². The molecule has 0 saturated heterocycles. The molecule has 1 aromatic rings. The van der Waals surface area contributed by atoms with Crippen molar-refractivity contribution in [3.8, 4) is 0 Å². The van der Waals surface area contributed by atoms with Gasteiger partial charge >= 0.3 is 0 Å². The van der Waals surface area contributed by atoms with E-state index in [1.54, 1.807) is 4.90 Å². The number of hydrogen-bond donors (Lipinski definition) is 1. The average Bonchev–Trinajstić information content (AvgIpc) is 2.26. The minimum absolute atomic E-state index is 0.00701. The molecule has 0 bridgehead atoms. The highest BCUT2D eigenvalue weighted by molar-refractivity contribution is 5.77. The van der Waals surface area contributed by atoms with Crippen LogP contribution < -0.4 is 5.73 Å². The number of nitrogens with zero attached hydrogens (tertiary/aromatic N) is 1. The van der Waals surface area contributed by atoms with Crippen LogP contribution in [0.25, 0.3) is 0 Å². The van der Waals surface area contributed by atoms with E-state index >= 15 is 0 Å². The number of rotatable bonds is 5. The standard InChI is InChI=1S/C12H18N2O2/c1-3-14(12(15)9-16-2)8-10-5-4-6-11(13)7-10/h4-7H,3,8-9,13H2,1-2H3. The molecule has 0 unspecified atom stereocenters. The fourth-order valence-electron chi connectivity index (χ4n) is 1.50. The first-order valence-corrected chi connectivity index (χ1v) is 5.28. The molecule has 1 rings (SSSR count). The molecule has 0 radical (unpaired) electrons. The van der Waals surface area contributed by atoms with Crippen molar-refractivity contribution in [3.63, 3.8) is 0 Å². The second-order valence-corrected chi connectivity index (χ2v) is 3.59. The summed E-state index contributed by atoms with van der Waals surface area (Å²) >= 11 is 0. The molecule has 1 aromatic carbocycles. The molecule has 0 heterocycles. The van der Waals surface area contributed by atoms with Crippen molar-refractivity contribution in [3.05, 3.63) is 29.8 Å². The van der Waals surface area contributed by atoms with Gasteiger partial charge in [0, 0.05) is 25.9 Å². The Balaban J connectivity index is 2.66. The van der Waals surface area contributed by atoms with E-state index in [9.17, 15) is 4.79 Å². The number of ether oxygens (including phenoxy) is 1. The maximum Gasteiger partial charge on any atom is 0.248 e. The number of carbonyl (C=O) groups is 1.